The van der Waals surface area contributed by atoms with Crippen LogP contribution in [-0.4, -0.2) is 6.17 Å². The summed E-state index contributed by atoms with van der Waals surface area (Å²) in [5.41, 5.74) is 6.94. The lowest BCUT2D eigenvalue weighted by Gasteiger charge is -2.42. The lowest BCUT2D eigenvalue weighted by molar-refractivity contribution is 0.395. The Morgan fingerprint density at radius 2 is 1.64 bits per heavy atom. The Morgan fingerprint density at radius 3 is 2.52 bits per heavy atom. The van der Waals surface area contributed by atoms with E-state index in [1.165, 1.54) is 28.1 Å². The van der Waals surface area contributed by atoms with E-state index < -0.39 is 0 Å². The fourth-order valence-electron chi connectivity index (χ4n) is 4.58. The average molecular weight is 326 g/mol. The standard InChI is InChI=1S/C23H22N2/c1-23-15-18-11-5-7-13-20(18)24-22(23)25(16-17-9-3-2-4-10-17)21-14-8-6-12-19(21)23/h2-14,22,24H,15-16H2,1H3/t22-,23+/m1/s1. The molecule has 2 aliphatic rings. The SMILES string of the molecule is C[C@@]12Cc3ccccc3N[C@@H]1N(Cc1ccccc1)c1ccccc12. The van der Waals surface area contributed by atoms with Crippen molar-refractivity contribution in [2.75, 3.05) is 10.2 Å². The van der Waals surface area contributed by atoms with Crippen molar-refractivity contribution in [2.24, 2.45) is 0 Å². The van der Waals surface area contributed by atoms with Gasteiger partial charge in [-0.25, -0.2) is 0 Å². The Labute approximate surface area is 149 Å². The van der Waals surface area contributed by atoms with E-state index in [2.05, 4.69) is 96.0 Å². The van der Waals surface area contributed by atoms with Crippen LogP contribution in [0.2, 0.25) is 0 Å². The normalized spacial score (nSPS) is 23.4. The van der Waals surface area contributed by atoms with Gasteiger partial charge in [-0.05, 0) is 35.2 Å². The van der Waals surface area contributed by atoms with Crippen molar-refractivity contribution >= 4 is 11.4 Å². The highest BCUT2D eigenvalue weighted by atomic mass is 15.3. The maximum Gasteiger partial charge on any atom is 0.109 e. The van der Waals surface area contributed by atoms with Crippen molar-refractivity contribution in [3.8, 4) is 0 Å². The zero-order valence-corrected chi connectivity index (χ0v) is 14.4. The molecule has 0 saturated heterocycles. The Balaban J connectivity index is 1.62. The van der Waals surface area contributed by atoms with Crippen molar-refractivity contribution in [2.45, 2.75) is 31.5 Å². The summed E-state index contributed by atoms with van der Waals surface area (Å²) >= 11 is 0. The molecule has 0 bridgehead atoms. The molecule has 0 aliphatic carbocycles. The first-order valence-corrected chi connectivity index (χ1v) is 9.00. The number of anilines is 2. The number of nitrogens with zero attached hydrogens (tertiary/aromatic N) is 1. The second-order valence-corrected chi connectivity index (χ2v) is 7.43. The van der Waals surface area contributed by atoms with Crippen LogP contribution in [0, 0.1) is 0 Å². The lowest BCUT2D eigenvalue weighted by Crippen LogP contribution is -2.52. The maximum atomic E-state index is 3.84. The van der Waals surface area contributed by atoms with Gasteiger partial charge < -0.3 is 10.2 Å². The van der Waals surface area contributed by atoms with Crippen LogP contribution in [-0.2, 0) is 18.4 Å². The number of para-hydroxylation sites is 2. The molecule has 2 atom stereocenters. The highest BCUT2D eigenvalue weighted by molar-refractivity contribution is 5.70. The molecular formula is C23H22N2. The average Bonchev–Trinajstić information content (AvgIpc) is 2.89. The van der Waals surface area contributed by atoms with Gasteiger partial charge in [-0.3, -0.25) is 0 Å². The molecule has 2 aliphatic heterocycles. The Morgan fingerprint density at radius 1 is 0.920 bits per heavy atom. The van der Waals surface area contributed by atoms with Crippen LogP contribution in [0.3, 0.4) is 0 Å². The van der Waals surface area contributed by atoms with Crippen molar-refractivity contribution in [1.29, 1.82) is 0 Å². The minimum absolute atomic E-state index is 0.0831. The van der Waals surface area contributed by atoms with Crippen LogP contribution in [0.5, 0.6) is 0 Å². The van der Waals surface area contributed by atoms with Gasteiger partial charge in [0.15, 0.2) is 0 Å². The van der Waals surface area contributed by atoms with Crippen LogP contribution in [0.4, 0.5) is 11.4 Å². The van der Waals surface area contributed by atoms with E-state index in [4.69, 9.17) is 0 Å². The molecule has 3 aromatic rings. The molecule has 1 N–H and O–H groups in total. The van der Waals surface area contributed by atoms with Gasteiger partial charge in [0.1, 0.15) is 6.17 Å². The highest BCUT2D eigenvalue weighted by Gasteiger charge is 2.50. The van der Waals surface area contributed by atoms with Crippen molar-refractivity contribution in [1.82, 2.24) is 0 Å². The zero-order chi connectivity index (χ0) is 16.9. The summed E-state index contributed by atoms with van der Waals surface area (Å²) in [6.45, 7) is 3.33. The fraction of sp³-hybridized carbons (Fsp3) is 0.217. The number of fused-ring (bicyclic) bond motifs is 4. The first kappa shape index (κ1) is 14.6. The number of rotatable bonds is 2. The third-order valence-corrected chi connectivity index (χ3v) is 5.81. The van der Waals surface area contributed by atoms with E-state index >= 15 is 0 Å². The van der Waals surface area contributed by atoms with Gasteiger partial charge in [0.2, 0.25) is 0 Å². The van der Waals surface area contributed by atoms with E-state index in [-0.39, 0.29) is 11.6 Å². The van der Waals surface area contributed by atoms with Crippen molar-refractivity contribution in [3.63, 3.8) is 0 Å². The Hall–Kier alpha value is -2.74. The minimum atomic E-state index is 0.0831. The van der Waals surface area contributed by atoms with Crippen molar-refractivity contribution in [3.05, 3.63) is 95.6 Å². The predicted octanol–water partition coefficient (Wildman–Crippen LogP) is 4.96. The molecular weight excluding hydrogens is 304 g/mol. The highest BCUT2D eigenvalue weighted by Crippen LogP contribution is 2.50. The summed E-state index contributed by atoms with van der Waals surface area (Å²) in [5, 5.41) is 3.84. The molecule has 0 aromatic heterocycles. The maximum absolute atomic E-state index is 3.84. The van der Waals surface area contributed by atoms with E-state index in [1.54, 1.807) is 0 Å². The lowest BCUT2D eigenvalue weighted by atomic mass is 9.74. The Bertz CT molecular complexity index is 918. The largest absolute Gasteiger partial charge is 0.364 e. The topological polar surface area (TPSA) is 15.3 Å². The van der Waals surface area contributed by atoms with Gasteiger partial charge in [0, 0.05) is 23.3 Å². The summed E-state index contributed by atoms with van der Waals surface area (Å²) in [4.78, 5) is 2.54. The van der Waals surface area contributed by atoms with Crippen molar-refractivity contribution < 1.29 is 0 Å². The molecule has 0 fully saturated rings. The second-order valence-electron chi connectivity index (χ2n) is 7.43. The van der Waals surface area contributed by atoms with E-state index in [1.807, 2.05) is 0 Å². The first-order valence-electron chi connectivity index (χ1n) is 9.00. The summed E-state index contributed by atoms with van der Waals surface area (Å²) < 4.78 is 0. The van der Waals surface area contributed by atoms with Gasteiger partial charge >= 0.3 is 0 Å². The molecule has 25 heavy (non-hydrogen) atoms. The smallest absolute Gasteiger partial charge is 0.109 e. The molecule has 2 heteroatoms. The number of hydrogen-bond acceptors (Lipinski definition) is 2. The number of hydrogen-bond donors (Lipinski definition) is 1. The molecule has 0 spiro atoms. The van der Waals surface area contributed by atoms with Gasteiger partial charge in [-0.1, -0.05) is 73.7 Å². The third kappa shape index (κ3) is 2.17. The van der Waals surface area contributed by atoms with Crippen LogP contribution in [0.25, 0.3) is 0 Å². The minimum Gasteiger partial charge on any atom is -0.364 e. The first-order chi connectivity index (χ1) is 12.3. The summed E-state index contributed by atoms with van der Waals surface area (Å²) in [6, 6.07) is 28.4. The summed E-state index contributed by atoms with van der Waals surface area (Å²) in [7, 11) is 0. The zero-order valence-electron chi connectivity index (χ0n) is 14.4. The quantitative estimate of drug-likeness (QED) is 0.716. The van der Waals surface area contributed by atoms with E-state index in [9.17, 15) is 0 Å². The van der Waals surface area contributed by atoms with Gasteiger partial charge in [0.05, 0.1) is 0 Å². The molecule has 2 nitrogen and oxygen atoms in total. The monoisotopic (exact) mass is 326 g/mol. The van der Waals surface area contributed by atoms with E-state index in [0.29, 0.717) is 0 Å². The molecule has 5 rings (SSSR count). The Kier molecular flexibility index (Phi) is 3.14. The molecule has 124 valence electrons. The number of benzene rings is 3. The van der Waals surface area contributed by atoms with Gasteiger partial charge in [-0.2, -0.15) is 0 Å². The van der Waals surface area contributed by atoms with E-state index in [0.717, 1.165) is 13.0 Å². The van der Waals surface area contributed by atoms with Crippen LogP contribution >= 0.6 is 0 Å². The number of nitrogens with one attached hydrogen (secondary N) is 1. The van der Waals surface area contributed by atoms with Gasteiger partial charge in [0.25, 0.3) is 0 Å². The van der Waals surface area contributed by atoms with Crippen LogP contribution < -0.4 is 10.2 Å². The summed E-state index contributed by atoms with van der Waals surface area (Å²) in [6.07, 6.45) is 1.35. The molecule has 2 heterocycles. The van der Waals surface area contributed by atoms with Gasteiger partial charge in [-0.15, -0.1) is 0 Å². The molecule has 0 unspecified atom stereocenters. The molecule has 0 radical (unpaired) electrons. The summed E-state index contributed by atoms with van der Waals surface area (Å²) in [5.74, 6) is 0. The third-order valence-electron chi connectivity index (χ3n) is 5.81. The molecule has 0 saturated carbocycles. The molecule has 3 aromatic carbocycles. The fourth-order valence-corrected chi connectivity index (χ4v) is 4.58. The predicted molar refractivity (Wildman–Crippen MR) is 104 cm³/mol. The van der Waals surface area contributed by atoms with Crippen LogP contribution in [0.15, 0.2) is 78.9 Å². The second kappa shape index (κ2) is 5.38. The van der Waals surface area contributed by atoms with Crippen LogP contribution in [0.1, 0.15) is 23.6 Å². The molecule has 0 amide bonds.